The van der Waals surface area contributed by atoms with Crippen molar-refractivity contribution in [1.82, 2.24) is 15.4 Å². The molecule has 3 N–H and O–H groups in total. The highest BCUT2D eigenvalue weighted by atomic mass is 19.1. The quantitative estimate of drug-likeness (QED) is 0.599. The number of nitrogens with one attached hydrogen (secondary N) is 1. The minimum absolute atomic E-state index is 0.323. The lowest BCUT2D eigenvalue weighted by atomic mass is 10.0. The average Bonchev–Trinajstić information content (AvgIpc) is 2.34. The summed E-state index contributed by atoms with van der Waals surface area (Å²) in [6, 6.07) is 5.93. The molecule has 16 heavy (non-hydrogen) atoms. The van der Waals surface area contributed by atoms with Gasteiger partial charge in [0.2, 0.25) is 0 Å². The molecule has 0 saturated heterocycles. The van der Waals surface area contributed by atoms with Gasteiger partial charge in [0, 0.05) is 18.0 Å². The van der Waals surface area contributed by atoms with Gasteiger partial charge in [-0.1, -0.05) is 18.2 Å². The molecule has 0 radical (unpaired) electrons. The van der Waals surface area contributed by atoms with Gasteiger partial charge in [0.25, 0.3) is 0 Å². The molecule has 5 heteroatoms. The van der Waals surface area contributed by atoms with Crippen LogP contribution in [0.25, 0.3) is 0 Å². The van der Waals surface area contributed by atoms with E-state index in [0.29, 0.717) is 11.3 Å². The molecular formula is C11H11FN4. The van der Waals surface area contributed by atoms with E-state index in [4.69, 9.17) is 5.84 Å². The van der Waals surface area contributed by atoms with Gasteiger partial charge >= 0.3 is 0 Å². The number of hydrazine groups is 1. The molecule has 0 amide bonds. The molecule has 0 saturated carbocycles. The fourth-order valence-electron chi connectivity index (χ4n) is 1.50. The van der Waals surface area contributed by atoms with Crippen molar-refractivity contribution in [3.63, 3.8) is 0 Å². The summed E-state index contributed by atoms with van der Waals surface area (Å²) in [7, 11) is 0. The summed E-state index contributed by atoms with van der Waals surface area (Å²) in [6.45, 7) is 0. The van der Waals surface area contributed by atoms with Crippen molar-refractivity contribution in [2.45, 2.75) is 6.04 Å². The van der Waals surface area contributed by atoms with Gasteiger partial charge in [-0.15, -0.1) is 0 Å². The van der Waals surface area contributed by atoms with E-state index in [1.165, 1.54) is 6.07 Å². The van der Waals surface area contributed by atoms with Crippen LogP contribution in [0, 0.1) is 5.82 Å². The first kappa shape index (κ1) is 10.7. The summed E-state index contributed by atoms with van der Waals surface area (Å²) < 4.78 is 13.6. The lowest BCUT2D eigenvalue weighted by Gasteiger charge is -2.15. The lowest BCUT2D eigenvalue weighted by Crippen LogP contribution is -2.30. The van der Waals surface area contributed by atoms with Crippen molar-refractivity contribution in [3.8, 4) is 0 Å². The topological polar surface area (TPSA) is 63.8 Å². The van der Waals surface area contributed by atoms with Gasteiger partial charge in [-0.3, -0.25) is 15.8 Å². The Balaban J connectivity index is 2.41. The number of nitrogens with two attached hydrogens (primary N) is 1. The zero-order valence-corrected chi connectivity index (χ0v) is 8.47. The summed E-state index contributed by atoms with van der Waals surface area (Å²) in [4.78, 5) is 8.02. The summed E-state index contributed by atoms with van der Waals surface area (Å²) in [5.74, 6) is 5.10. The number of rotatable bonds is 3. The molecule has 0 aliphatic carbocycles. The highest BCUT2D eigenvalue weighted by Gasteiger charge is 2.17. The summed E-state index contributed by atoms with van der Waals surface area (Å²) in [5, 5.41) is 0. The molecular weight excluding hydrogens is 207 g/mol. The molecule has 1 aromatic heterocycles. The molecule has 82 valence electrons. The van der Waals surface area contributed by atoms with E-state index in [1.807, 2.05) is 0 Å². The van der Waals surface area contributed by atoms with Crippen LogP contribution in [0.15, 0.2) is 42.9 Å². The molecule has 2 rings (SSSR count). The SMILES string of the molecule is NNC(c1cnccn1)c1ccccc1F. The minimum Gasteiger partial charge on any atom is -0.271 e. The normalized spacial score (nSPS) is 12.4. The smallest absolute Gasteiger partial charge is 0.128 e. The molecule has 1 atom stereocenters. The van der Waals surface area contributed by atoms with Crippen LogP contribution in [-0.2, 0) is 0 Å². The zero-order chi connectivity index (χ0) is 11.4. The first-order chi connectivity index (χ1) is 7.83. The Kier molecular flexibility index (Phi) is 3.19. The molecule has 0 aliphatic rings. The molecule has 0 fully saturated rings. The molecule has 2 aromatic rings. The largest absolute Gasteiger partial charge is 0.271 e. The van der Waals surface area contributed by atoms with E-state index in [0.717, 1.165) is 0 Å². The van der Waals surface area contributed by atoms with Crippen molar-refractivity contribution < 1.29 is 4.39 Å². The Morgan fingerprint density at radius 1 is 1.25 bits per heavy atom. The maximum Gasteiger partial charge on any atom is 0.128 e. The fraction of sp³-hybridized carbons (Fsp3) is 0.0909. The lowest BCUT2D eigenvalue weighted by molar-refractivity contribution is 0.552. The van der Waals surface area contributed by atoms with Gasteiger partial charge in [0.05, 0.1) is 17.9 Å². The second kappa shape index (κ2) is 4.78. The fourth-order valence-corrected chi connectivity index (χ4v) is 1.50. The third kappa shape index (κ3) is 2.05. The Bertz CT molecular complexity index is 461. The first-order valence-corrected chi connectivity index (χ1v) is 4.79. The Labute approximate surface area is 92.3 Å². The van der Waals surface area contributed by atoms with Crippen molar-refractivity contribution in [1.29, 1.82) is 0 Å². The number of hydrogen-bond acceptors (Lipinski definition) is 4. The van der Waals surface area contributed by atoms with Crippen molar-refractivity contribution in [3.05, 3.63) is 59.9 Å². The van der Waals surface area contributed by atoms with Crippen LogP contribution < -0.4 is 11.3 Å². The number of nitrogens with zero attached hydrogens (tertiary/aromatic N) is 2. The van der Waals surface area contributed by atoms with E-state index < -0.39 is 6.04 Å². The Morgan fingerprint density at radius 2 is 2.06 bits per heavy atom. The monoisotopic (exact) mass is 218 g/mol. The second-order valence-electron chi connectivity index (χ2n) is 3.25. The van der Waals surface area contributed by atoms with Gasteiger partial charge in [-0.05, 0) is 6.07 Å². The van der Waals surface area contributed by atoms with Crippen molar-refractivity contribution in [2.75, 3.05) is 0 Å². The molecule has 1 heterocycles. The second-order valence-corrected chi connectivity index (χ2v) is 3.25. The van der Waals surface area contributed by atoms with E-state index in [1.54, 1.807) is 36.8 Å². The highest BCUT2D eigenvalue weighted by molar-refractivity contribution is 5.27. The summed E-state index contributed by atoms with van der Waals surface area (Å²) in [6.07, 6.45) is 4.65. The van der Waals surface area contributed by atoms with Gasteiger partial charge in [-0.2, -0.15) is 0 Å². The highest BCUT2D eigenvalue weighted by Crippen LogP contribution is 2.21. The van der Waals surface area contributed by atoms with Crippen LogP contribution in [0.4, 0.5) is 4.39 Å². The Morgan fingerprint density at radius 3 is 2.69 bits per heavy atom. The number of aromatic nitrogens is 2. The minimum atomic E-state index is -0.491. The van der Waals surface area contributed by atoms with Gasteiger partial charge in [0.1, 0.15) is 5.82 Å². The van der Waals surface area contributed by atoms with Gasteiger partial charge in [-0.25, -0.2) is 9.82 Å². The molecule has 0 bridgehead atoms. The van der Waals surface area contributed by atoms with E-state index in [9.17, 15) is 4.39 Å². The third-order valence-corrected chi connectivity index (χ3v) is 2.26. The predicted molar refractivity (Wildman–Crippen MR) is 57.6 cm³/mol. The standard InChI is InChI=1S/C11H11FN4/c12-9-4-2-1-3-8(9)11(16-13)10-7-14-5-6-15-10/h1-7,11,16H,13H2. The van der Waals surface area contributed by atoms with E-state index in [2.05, 4.69) is 15.4 Å². The number of hydrogen-bond donors (Lipinski definition) is 2. The summed E-state index contributed by atoms with van der Waals surface area (Å²) >= 11 is 0. The molecule has 1 aromatic carbocycles. The number of halogens is 1. The van der Waals surface area contributed by atoms with Crippen LogP contribution in [0.5, 0.6) is 0 Å². The van der Waals surface area contributed by atoms with E-state index >= 15 is 0 Å². The third-order valence-electron chi connectivity index (χ3n) is 2.26. The molecule has 1 unspecified atom stereocenters. The summed E-state index contributed by atoms with van der Waals surface area (Å²) in [5.41, 5.74) is 3.56. The zero-order valence-electron chi connectivity index (χ0n) is 8.47. The van der Waals surface area contributed by atoms with Crippen LogP contribution in [0.1, 0.15) is 17.3 Å². The Hall–Kier alpha value is -1.85. The van der Waals surface area contributed by atoms with Gasteiger partial charge in [0.15, 0.2) is 0 Å². The van der Waals surface area contributed by atoms with Crippen molar-refractivity contribution in [2.24, 2.45) is 5.84 Å². The molecule has 4 nitrogen and oxygen atoms in total. The average molecular weight is 218 g/mol. The predicted octanol–water partition coefficient (Wildman–Crippen LogP) is 1.17. The van der Waals surface area contributed by atoms with Gasteiger partial charge < -0.3 is 0 Å². The number of benzene rings is 1. The molecule has 0 spiro atoms. The maximum atomic E-state index is 13.6. The van der Waals surface area contributed by atoms with Crippen molar-refractivity contribution >= 4 is 0 Å². The van der Waals surface area contributed by atoms with E-state index in [-0.39, 0.29) is 5.82 Å². The molecule has 0 aliphatic heterocycles. The van der Waals surface area contributed by atoms with Crippen LogP contribution in [-0.4, -0.2) is 9.97 Å². The first-order valence-electron chi connectivity index (χ1n) is 4.79. The van der Waals surface area contributed by atoms with Crippen LogP contribution in [0.2, 0.25) is 0 Å². The van der Waals surface area contributed by atoms with Crippen LogP contribution >= 0.6 is 0 Å². The van der Waals surface area contributed by atoms with Crippen LogP contribution in [0.3, 0.4) is 0 Å². The maximum absolute atomic E-state index is 13.6.